The van der Waals surface area contributed by atoms with E-state index >= 15 is 0 Å². The second-order valence-electron chi connectivity index (χ2n) is 4.65. The summed E-state index contributed by atoms with van der Waals surface area (Å²) in [6.07, 6.45) is -0.256. The molecule has 0 aromatic heterocycles. The van der Waals surface area contributed by atoms with E-state index in [0.29, 0.717) is 18.7 Å². The number of rotatable bonds is 3. The van der Waals surface area contributed by atoms with Gasteiger partial charge in [-0.1, -0.05) is 0 Å². The molecule has 0 aliphatic carbocycles. The van der Waals surface area contributed by atoms with E-state index in [4.69, 9.17) is 15.1 Å². The number of hydrogen-bond acceptors (Lipinski definition) is 4. The molecule has 1 aromatic carbocycles. The molecule has 1 heterocycles. The van der Waals surface area contributed by atoms with Crippen LogP contribution in [0.15, 0.2) is 18.2 Å². The number of hydrogen-bond donors (Lipinski definition) is 1. The Morgan fingerprint density at radius 1 is 1.63 bits per heavy atom. The van der Waals surface area contributed by atoms with E-state index < -0.39 is 5.97 Å². The summed E-state index contributed by atoms with van der Waals surface area (Å²) in [5.74, 6) is -0.845. The standard InChI is InChI=1S/C14H16N2O3/c1-10-6-12(3-2-11(10)8-15)16-4-5-19-13(9-16)7-14(17)18/h2-3,6,13H,4-5,7,9H2,1H3,(H,17,18). The fourth-order valence-corrected chi connectivity index (χ4v) is 2.24. The van der Waals surface area contributed by atoms with Crippen molar-refractivity contribution in [2.75, 3.05) is 24.6 Å². The largest absolute Gasteiger partial charge is 0.481 e. The van der Waals surface area contributed by atoms with E-state index in [2.05, 4.69) is 11.0 Å². The number of carbonyl (C=O) groups is 1. The lowest BCUT2D eigenvalue weighted by molar-refractivity contribution is -0.140. The number of nitriles is 1. The van der Waals surface area contributed by atoms with Crippen molar-refractivity contribution in [3.8, 4) is 6.07 Å². The summed E-state index contributed by atoms with van der Waals surface area (Å²) < 4.78 is 5.44. The van der Waals surface area contributed by atoms with Gasteiger partial charge in [0.2, 0.25) is 0 Å². The molecule has 100 valence electrons. The first kappa shape index (κ1) is 13.4. The highest BCUT2D eigenvalue weighted by Gasteiger charge is 2.23. The van der Waals surface area contributed by atoms with Gasteiger partial charge >= 0.3 is 5.97 Å². The van der Waals surface area contributed by atoms with Crippen LogP contribution in [0.5, 0.6) is 0 Å². The molecule has 1 aromatic rings. The van der Waals surface area contributed by atoms with Crippen LogP contribution in [0.1, 0.15) is 17.5 Å². The highest BCUT2D eigenvalue weighted by Crippen LogP contribution is 2.22. The van der Waals surface area contributed by atoms with Crippen LogP contribution in [0.25, 0.3) is 0 Å². The molecular weight excluding hydrogens is 244 g/mol. The first-order valence-corrected chi connectivity index (χ1v) is 6.19. The summed E-state index contributed by atoms with van der Waals surface area (Å²) in [7, 11) is 0. The number of aliphatic carboxylic acids is 1. The molecule has 1 atom stereocenters. The molecule has 0 spiro atoms. The normalized spacial score (nSPS) is 18.9. The van der Waals surface area contributed by atoms with Gasteiger partial charge in [0.15, 0.2) is 0 Å². The van der Waals surface area contributed by atoms with Gasteiger partial charge in [-0.15, -0.1) is 0 Å². The molecule has 1 unspecified atom stereocenters. The van der Waals surface area contributed by atoms with Gasteiger partial charge in [0.05, 0.1) is 30.8 Å². The zero-order chi connectivity index (χ0) is 13.8. The van der Waals surface area contributed by atoms with Gasteiger partial charge in [0.1, 0.15) is 0 Å². The predicted octanol–water partition coefficient (Wildman–Crippen LogP) is 1.55. The second-order valence-corrected chi connectivity index (χ2v) is 4.65. The Labute approximate surface area is 112 Å². The molecule has 19 heavy (non-hydrogen) atoms. The first-order valence-electron chi connectivity index (χ1n) is 6.19. The Morgan fingerprint density at radius 2 is 2.42 bits per heavy atom. The molecule has 0 radical (unpaired) electrons. The molecule has 5 nitrogen and oxygen atoms in total. The van der Waals surface area contributed by atoms with Crippen molar-refractivity contribution in [2.45, 2.75) is 19.4 Å². The van der Waals surface area contributed by atoms with Gasteiger partial charge in [0.25, 0.3) is 0 Å². The number of morpholine rings is 1. The number of anilines is 1. The van der Waals surface area contributed by atoms with Crippen LogP contribution >= 0.6 is 0 Å². The Bertz CT molecular complexity index is 522. The molecule has 1 fully saturated rings. The topological polar surface area (TPSA) is 73.6 Å². The minimum absolute atomic E-state index is 0.0196. The number of aryl methyl sites for hydroxylation is 1. The lowest BCUT2D eigenvalue weighted by Gasteiger charge is -2.34. The maximum atomic E-state index is 10.7. The maximum absolute atomic E-state index is 10.7. The van der Waals surface area contributed by atoms with Crippen molar-refractivity contribution in [1.29, 1.82) is 5.26 Å². The lowest BCUT2D eigenvalue weighted by atomic mass is 10.1. The highest BCUT2D eigenvalue weighted by molar-refractivity contribution is 5.67. The molecule has 1 aliphatic heterocycles. The molecule has 5 heteroatoms. The predicted molar refractivity (Wildman–Crippen MR) is 70.1 cm³/mol. The van der Waals surface area contributed by atoms with Gasteiger partial charge < -0.3 is 14.7 Å². The van der Waals surface area contributed by atoms with E-state index in [1.165, 1.54) is 0 Å². The first-order chi connectivity index (χ1) is 9.10. The molecular formula is C14H16N2O3. The Kier molecular flexibility index (Phi) is 4.03. The third kappa shape index (κ3) is 3.24. The quantitative estimate of drug-likeness (QED) is 0.892. The van der Waals surface area contributed by atoms with Gasteiger partial charge in [-0.3, -0.25) is 4.79 Å². The molecule has 1 saturated heterocycles. The zero-order valence-corrected chi connectivity index (χ0v) is 10.8. The summed E-state index contributed by atoms with van der Waals surface area (Å²) >= 11 is 0. The molecule has 2 rings (SSSR count). The monoisotopic (exact) mass is 260 g/mol. The Hall–Kier alpha value is -2.06. The van der Waals surface area contributed by atoms with Crippen molar-refractivity contribution in [3.05, 3.63) is 29.3 Å². The fraction of sp³-hybridized carbons (Fsp3) is 0.429. The summed E-state index contributed by atoms with van der Waals surface area (Å²) in [6.45, 7) is 3.73. The SMILES string of the molecule is Cc1cc(N2CCOC(CC(=O)O)C2)ccc1C#N. The van der Waals surface area contributed by atoms with E-state index in [1.54, 1.807) is 6.07 Å². The Morgan fingerprint density at radius 3 is 3.05 bits per heavy atom. The van der Waals surface area contributed by atoms with Crippen molar-refractivity contribution < 1.29 is 14.6 Å². The third-order valence-electron chi connectivity index (χ3n) is 3.24. The van der Waals surface area contributed by atoms with Crippen LogP contribution in [-0.2, 0) is 9.53 Å². The van der Waals surface area contributed by atoms with E-state index in [1.807, 2.05) is 19.1 Å². The number of ether oxygens (including phenoxy) is 1. The summed E-state index contributed by atoms with van der Waals surface area (Å²) in [5.41, 5.74) is 2.61. The highest BCUT2D eigenvalue weighted by atomic mass is 16.5. The molecule has 1 N–H and O–H groups in total. The van der Waals surface area contributed by atoms with Crippen LogP contribution in [0.2, 0.25) is 0 Å². The van der Waals surface area contributed by atoms with Crippen molar-refractivity contribution in [1.82, 2.24) is 0 Å². The smallest absolute Gasteiger partial charge is 0.306 e. The van der Waals surface area contributed by atoms with Crippen LogP contribution in [0, 0.1) is 18.3 Å². The summed E-state index contributed by atoms with van der Waals surface area (Å²) in [6, 6.07) is 7.79. The van der Waals surface area contributed by atoms with Gasteiger partial charge in [-0.05, 0) is 30.7 Å². The summed E-state index contributed by atoms with van der Waals surface area (Å²) in [5, 5.41) is 17.7. The van der Waals surface area contributed by atoms with E-state index in [-0.39, 0.29) is 12.5 Å². The molecule has 0 amide bonds. The minimum Gasteiger partial charge on any atom is -0.481 e. The van der Waals surface area contributed by atoms with Crippen molar-refractivity contribution in [3.63, 3.8) is 0 Å². The number of carboxylic acid groups (broad SMARTS) is 1. The van der Waals surface area contributed by atoms with Crippen molar-refractivity contribution >= 4 is 11.7 Å². The average molecular weight is 260 g/mol. The lowest BCUT2D eigenvalue weighted by Crippen LogP contribution is -2.43. The van der Waals surface area contributed by atoms with Crippen LogP contribution in [-0.4, -0.2) is 36.9 Å². The third-order valence-corrected chi connectivity index (χ3v) is 3.24. The van der Waals surface area contributed by atoms with E-state index in [9.17, 15) is 4.79 Å². The van der Waals surface area contributed by atoms with Crippen LogP contribution < -0.4 is 4.90 Å². The van der Waals surface area contributed by atoms with E-state index in [0.717, 1.165) is 17.8 Å². The zero-order valence-electron chi connectivity index (χ0n) is 10.8. The number of carboxylic acids is 1. The average Bonchev–Trinajstić information content (AvgIpc) is 2.38. The fourth-order valence-electron chi connectivity index (χ4n) is 2.24. The van der Waals surface area contributed by atoms with Gasteiger partial charge in [-0.2, -0.15) is 5.26 Å². The molecule has 0 saturated carbocycles. The van der Waals surface area contributed by atoms with Crippen molar-refractivity contribution in [2.24, 2.45) is 0 Å². The number of benzene rings is 1. The molecule has 0 bridgehead atoms. The van der Waals surface area contributed by atoms with Crippen LogP contribution in [0.4, 0.5) is 5.69 Å². The molecule has 1 aliphatic rings. The van der Waals surface area contributed by atoms with Gasteiger partial charge in [0, 0.05) is 18.8 Å². The maximum Gasteiger partial charge on any atom is 0.306 e. The van der Waals surface area contributed by atoms with Gasteiger partial charge in [-0.25, -0.2) is 0 Å². The minimum atomic E-state index is -0.845. The summed E-state index contributed by atoms with van der Waals surface area (Å²) in [4.78, 5) is 12.8. The Balaban J connectivity index is 2.11. The second kappa shape index (κ2) is 5.72. The van der Waals surface area contributed by atoms with Crippen LogP contribution in [0.3, 0.4) is 0 Å². The number of nitrogens with zero attached hydrogens (tertiary/aromatic N) is 2.